The third-order valence-electron chi connectivity index (χ3n) is 4.70. The number of hydrogen-bond acceptors (Lipinski definition) is 5. The van der Waals surface area contributed by atoms with Crippen LogP contribution in [0.3, 0.4) is 0 Å². The number of carboxylic acid groups (broad SMARTS) is 1. The average Bonchev–Trinajstić information content (AvgIpc) is 2.73. The first-order valence-electron chi connectivity index (χ1n) is 9.00. The summed E-state index contributed by atoms with van der Waals surface area (Å²) in [5.74, 6) is -1.87. The molecule has 2 aromatic rings. The van der Waals surface area contributed by atoms with Crippen molar-refractivity contribution in [3.05, 3.63) is 70.9 Å². The number of nitrogens with one attached hydrogen (secondary N) is 1. The van der Waals surface area contributed by atoms with Crippen LogP contribution in [0.5, 0.6) is 5.75 Å². The van der Waals surface area contributed by atoms with Crippen LogP contribution in [-0.2, 0) is 9.53 Å². The molecule has 8 nitrogen and oxygen atoms in total. The van der Waals surface area contributed by atoms with E-state index in [0.717, 1.165) is 0 Å². The number of carbonyl (C=O) groups excluding carboxylic acids is 2. The first-order valence-corrected chi connectivity index (χ1v) is 9.00. The minimum Gasteiger partial charge on any atom is -0.478 e. The zero-order valence-corrected chi connectivity index (χ0v) is 16.5. The lowest BCUT2D eigenvalue weighted by Crippen LogP contribution is -2.48. The van der Waals surface area contributed by atoms with Crippen LogP contribution < -0.4 is 15.0 Å². The zero-order valence-electron chi connectivity index (χ0n) is 16.5. The summed E-state index contributed by atoms with van der Waals surface area (Å²) in [5.41, 5.74) is 1.25. The Bertz CT molecular complexity index is 1030. The number of aromatic carboxylic acids is 1. The van der Waals surface area contributed by atoms with Gasteiger partial charge in [-0.1, -0.05) is 12.1 Å². The van der Waals surface area contributed by atoms with Crippen LogP contribution in [-0.4, -0.2) is 36.8 Å². The number of rotatable bonds is 6. The third kappa shape index (κ3) is 4.47. The van der Waals surface area contributed by atoms with Crippen molar-refractivity contribution in [2.75, 3.05) is 12.0 Å². The quantitative estimate of drug-likeness (QED) is 0.675. The molecule has 1 heterocycles. The van der Waals surface area contributed by atoms with Gasteiger partial charge in [0.05, 0.1) is 30.0 Å². The number of amides is 2. The van der Waals surface area contributed by atoms with E-state index in [4.69, 9.17) is 9.84 Å². The number of alkyl halides is 2. The van der Waals surface area contributed by atoms with E-state index in [9.17, 15) is 23.2 Å². The summed E-state index contributed by atoms with van der Waals surface area (Å²) in [5, 5.41) is 11.7. The lowest BCUT2D eigenvalue weighted by Gasteiger charge is -2.35. The molecule has 0 radical (unpaired) electrons. The highest BCUT2D eigenvalue weighted by atomic mass is 19.3. The first kappa shape index (κ1) is 21.8. The molecule has 2 aromatic carbocycles. The van der Waals surface area contributed by atoms with Crippen LogP contribution in [0.4, 0.5) is 19.3 Å². The van der Waals surface area contributed by atoms with Gasteiger partial charge in [-0.2, -0.15) is 8.78 Å². The molecule has 1 atom stereocenters. The predicted molar refractivity (Wildman–Crippen MR) is 105 cm³/mol. The highest BCUT2D eigenvalue weighted by Gasteiger charge is 2.37. The number of anilines is 1. The minimum atomic E-state index is -2.98. The number of esters is 1. The molecule has 2 amide bonds. The summed E-state index contributed by atoms with van der Waals surface area (Å²) in [7, 11) is 1.20. The number of urea groups is 1. The molecule has 2 N–H and O–H groups in total. The summed E-state index contributed by atoms with van der Waals surface area (Å²) in [6.07, 6.45) is 0. The van der Waals surface area contributed by atoms with Crippen molar-refractivity contribution in [3.8, 4) is 5.75 Å². The maximum absolute atomic E-state index is 12.9. The van der Waals surface area contributed by atoms with E-state index in [2.05, 4.69) is 10.1 Å². The van der Waals surface area contributed by atoms with Crippen molar-refractivity contribution in [2.24, 2.45) is 0 Å². The monoisotopic (exact) mass is 432 g/mol. The van der Waals surface area contributed by atoms with Gasteiger partial charge in [-0.3, -0.25) is 4.90 Å². The molecule has 1 unspecified atom stereocenters. The molecule has 0 aromatic heterocycles. The number of halogens is 2. The van der Waals surface area contributed by atoms with Crippen molar-refractivity contribution >= 4 is 23.7 Å². The maximum Gasteiger partial charge on any atom is 0.387 e. The second-order valence-electron chi connectivity index (χ2n) is 6.51. The SMILES string of the molecule is COC(=O)C1=C(C)N(c2ccc(C(=O)O)cc2)C(=O)NC1c1ccc(OC(F)F)cc1. The standard InChI is InChI=1S/C21H18F2N2O6/c1-11-16(19(28)30-2)17(12-5-9-15(10-6-12)31-20(22)23)24-21(29)25(11)14-7-3-13(4-8-14)18(26)27/h3-10,17,20H,1-2H3,(H,24,29)(H,26,27). The maximum atomic E-state index is 12.9. The van der Waals surface area contributed by atoms with Gasteiger partial charge in [0.25, 0.3) is 0 Å². The Hall–Kier alpha value is -3.95. The number of carbonyl (C=O) groups is 3. The molecule has 1 aliphatic heterocycles. The van der Waals surface area contributed by atoms with Crippen LogP contribution >= 0.6 is 0 Å². The van der Waals surface area contributed by atoms with Gasteiger partial charge >= 0.3 is 24.6 Å². The van der Waals surface area contributed by atoms with Crippen molar-refractivity contribution in [1.82, 2.24) is 5.32 Å². The summed E-state index contributed by atoms with van der Waals surface area (Å²) >= 11 is 0. The Balaban J connectivity index is 2.02. The lowest BCUT2D eigenvalue weighted by molar-refractivity contribution is -0.136. The molecule has 0 aliphatic carbocycles. The normalized spacial score (nSPS) is 16.2. The summed E-state index contributed by atoms with van der Waals surface area (Å²) in [6.45, 7) is -1.42. The fraction of sp³-hybridized carbons (Fsp3) is 0.190. The number of nitrogens with zero attached hydrogens (tertiary/aromatic N) is 1. The predicted octanol–water partition coefficient (Wildman–Crippen LogP) is 3.70. The molecule has 0 saturated heterocycles. The first-order chi connectivity index (χ1) is 14.7. The van der Waals surface area contributed by atoms with E-state index in [1.807, 2.05) is 0 Å². The van der Waals surface area contributed by atoms with E-state index >= 15 is 0 Å². The van der Waals surface area contributed by atoms with Gasteiger partial charge in [0.1, 0.15) is 5.75 Å². The van der Waals surface area contributed by atoms with E-state index < -0.39 is 30.6 Å². The van der Waals surface area contributed by atoms with E-state index in [1.54, 1.807) is 6.92 Å². The molecule has 3 rings (SSSR count). The second kappa shape index (κ2) is 8.82. The van der Waals surface area contributed by atoms with Crippen molar-refractivity contribution in [2.45, 2.75) is 19.6 Å². The van der Waals surface area contributed by atoms with Crippen molar-refractivity contribution < 1.29 is 37.7 Å². The number of allylic oxidation sites excluding steroid dienone is 1. The van der Waals surface area contributed by atoms with Gasteiger partial charge in [-0.25, -0.2) is 14.4 Å². The minimum absolute atomic E-state index is 0.0416. The third-order valence-corrected chi connectivity index (χ3v) is 4.70. The van der Waals surface area contributed by atoms with Gasteiger partial charge in [0, 0.05) is 5.70 Å². The highest BCUT2D eigenvalue weighted by Crippen LogP contribution is 2.34. The van der Waals surface area contributed by atoms with Gasteiger partial charge in [0.15, 0.2) is 0 Å². The van der Waals surface area contributed by atoms with Gasteiger partial charge in [-0.15, -0.1) is 0 Å². The zero-order chi connectivity index (χ0) is 22.7. The van der Waals surface area contributed by atoms with Gasteiger partial charge in [-0.05, 0) is 48.9 Å². The van der Waals surface area contributed by atoms with E-state index in [0.29, 0.717) is 11.3 Å². The van der Waals surface area contributed by atoms with Crippen LogP contribution in [0, 0.1) is 0 Å². The Morgan fingerprint density at radius 1 is 1.10 bits per heavy atom. The molecule has 0 bridgehead atoms. The largest absolute Gasteiger partial charge is 0.478 e. The van der Waals surface area contributed by atoms with Gasteiger partial charge < -0.3 is 19.9 Å². The average molecular weight is 432 g/mol. The Kier molecular flexibility index (Phi) is 6.19. The van der Waals surface area contributed by atoms with Crippen molar-refractivity contribution in [3.63, 3.8) is 0 Å². The summed E-state index contributed by atoms with van der Waals surface area (Å²) < 4.78 is 34.0. The molecule has 0 saturated carbocycles. The lowest BCUT2D eigenvalue weighted by atomic mass is 9.94. The number of carboxylic acids is 1. The number of hydrogen-bond donors (Lipinski definition) is 2. The fourth-order valence-electron chi connectivity index (χ4n) is 3.27. The summed E-state index contributed by atoms with van der Waals surface area (Å²) in [4.78, 5) is 37.7. The number of methoxy groups -OCH3 is 1. The molecule has 0 fully saturated rings. The summed E-state index contributed by atoms with van der Waals surface area (Å²) in [6, 6.07) is 9.61. The number of ether oxygens (including phenoxy) is 2. The molecular weight excluding hydrogens is 414 g/mol. The van der Waals surface area contributed by atoms with E-state index in [-0.39, 0.29) is 22.6 Å². The molecule has 162 valence electrons. The molecule has 1 aliphatic rings. The Morgan fingerprint density at radius 3 is 2.23 bits per heavy atom. The fourth-order valence-corrected chi connectivity index (χ4v) is 3.27. The highest BCUT2D eigenvalue weighted by molar-refractivity contribution is 6.03. The van der Waals surface area contributed by atoms with Crippen molar-refractivity contribution in [1.29, 1.82) is 0 Å². The van der Waals surface area contributed by atoms with Gasteiger partial charge in [0.2, 0.25) is 0 Å². The Labute approximate surface area is 175 Å². The second-order valence-corrected chi connectivity index (χ2v) is 6.51. The Morgan fingerprint density at radius 2 is 1.71 bits per heavy atom. The van der Waals surface area contributed by atoms with E-state index in [1.165, 1.54) is 60.5 Å². The number of benzene rings is 2. The van der Waals surface area contributed by atoms with Crippen LogP contribution in [0.1, 0.15) is 28.9 Å². The van der Waals surface area contributed by atoms with Crippen LogP contribution in [0.25, 0.3) is 0 Å². The van der Waals surface area contributed by atoms with Crippen LogP contribution in [0.15, 0.2) is 59.8 Å². The molecule has 0 spiro atoms. The molecular formula is C21H18F2N2O6. The topological polar surface area (TPSA) is 105 Å². The van der Waals surface area contributed by atoms with Crippen LogP contribution in [0.2, 0.25) is 0 Å². The molecule has 31 heavy (non-hydrogen) atoms. The smallest absolute Gasteiger partial charge is 0.387 e. The molecule has 10 heteroatoms.